The molecule has 0 unspecified atom stereocenters. The van der Waals surface area contributed by atoms with Gasteiger partial charge in [-0.05, 0) is 149 Å². The van der Waals surface area contributed by atoms with Crippen LogP contribution >= 0.6 is 0 Å². The highest BCUT2D eigenvalue weighted by Crippen LogP contribution is 2.27. The van der Waals surface area contributed by atoms with Crippen molar-refractivity contribution in [1.29, 1.82) is 0 Å². The lowest BCUT2D eigenvalue weighted by Gasteiger charge is -2.17. The molecule has 278 valence electrons. The highest BCUT2D eigenvalue weighted by atomic mass is 15.2. The van der Waals surface area contributed by atoms with E-state index in [2.05, 4.69) is 89.9 Å². The Morgan fingerprint density at radius 1 is 0.345 bits per heavy atom. The first-order chi connectivity index (χ1) is 27.0. The monoisotopic (exact) mass is 727 g/mol. The second-order valence-electron chi connectivity index (χ2n) is 13.6. The van der Waals surface area contributed by atoms with Crippen LogP contribution in [0, 0.1) is 13.8 Å². The molecule has 9 nitrogen and oxygen atoms in total. The summed E-state index contributed by atoms with van der Waals surface area (Å²) in [7, 11) is 0. The molecule has 2 saturated heterocycles. The maximum atomic E-state index is 5.58. The third-order valence-corrected chi connectivity index (χ3v) is 9.20. The Morgan fingerprint density at radius 3 is 0.964 bits per heavy atom. The number of anilines is 3. The van der Waals surface area contributed by atoms with Crippen molar-refractivity contribution in [3.8, 4) is 0 Å². The summed E-state index contributed by atoms with van der Waals surface area (Å²) < 4.78 is 0. The molecular weight excluding hydrogens is 679 g/mol. The molecule has 2 N–H and O–H groups in total. The van der Waals surface area contributed by atoms with Gasteiger partial charge < -0.3 is 15.5 Å². The Bertz CT molecular complexity index is 2050. The van der Waals surface area contributed by atoms with E-state index in [0.29, 0.717) is 0 Å². The Kier molecular flexibility index (Phi) is 14.0. The number of azo groups is 3. The molecule has 0 aromatic heterocycles. The van der Waals surface area contributed by atoms with Gasteiger partial charge >= 0.3 is 0 Å². The van der Waals surface area contributed by atoms with Crippen LogP contribution < -0.4 is 15.5 Å². The smallest absolute Gasteiger partial charge is 0.0858 e. The minimum absolute atomic E-state index is 0.731. The van der Waals surface area contributed by atoms with Crippen molar-refractivity contribution >= 4 is 51.2 Å². The lowest BCUT2D eigenvalue weighted by Crippen LogP contribution is -2.17. The first kappa shape index (κ1) is 38.3. The molecule has 2 aliphatic rings. The number of nitrogens with zero attached hydrogens (tertiary/aromatic N) is 8. The number of aryl methyl sites for hydroxylation is 2. The van der Waals surface area contributed by atoms with Crippen LogP contribution in [0.5, 0.6) is 0 Å². The number of benzene rings is 6. The maximum absolute atomic E-state index is 5.58. The lowest BCUT2D eigenvalue weighted by atomic mass is 10.2. The van der Waals surface area contributed by atoms with Gasteiger partial charge in [-0.2, -0.15) is 30.7 Å². The number of nitrogens with two attached hydrogens (primary N) is 1. The van der Waals surface area contributed by atoms with E-state index in [0.717, 1.165) is 52.9 Å². The Morgan fingerprint density at radius 2 is 0.618 bits per heavy atom. The topological polar surface area (TPSA) is 107 Å². The molecule has 8 rings (SSSR count). The molecular formula is C46H49N9. The number of para-hydroxylation sites is 1. The van der Waals surface area contributed by atoms with Gasteiger partial charge in [-0.25, -0.2) is 0 Å². The number of rotatable bonds is 8. The van der Waals surface area contributed by atoms with Gasteiger partial charge in [-0.15, -0.1) is 0 Å². The highest BCUT2D eigenvalue weighted by Gasteiger charge is 2.12. The van der Waals surface area contributed by atoms with E-state index in [4.69, 9.17) is 5.73 Å². The van der Waals surface area contributed by atoms with Crippen LogP contribution in [0.25, 0.3) is 0 Å². The summed E-state index contributed by atoms with van der Waals surface area (Å²) in [5, 5.41) is 25.4. The first-order valence-corrected chi connectivity index (χ1v) is 19.0. The minimum Gasteiger partial charge on any atom is -0.399 e. The zero-order chi connectivity index (χ0) is 38.1. The average Bonchev–Trinajstić information content (AvgIpc) is 3.98. The first-order valence-electron chi connectivity index (χ1n) is 19.0. The third-order valence-electron chi connectivity index (χ3n) is 9.20. The van der Waals surface area contributed by atoms with E-state index in [1.807, 2.05) is 116 Å². The molecule has 6 aromatic carbocycles. The number of nitrogen functional groups attached to an aromatic ring is 1. The van der Waals surface area contributed by atoms with Gasteiger partial charge in [-0.3, -0.25) is 0 Å². The van der Waals surface area contributed by atoms with Gasteiger partial charge in [0.1, 0.15) is 0 Å². The summed E-state index contributed by atoms with van der Waals surface area (Å²) in [4.78, 5) is 4.85. The molecule has 0 atom stereocenters. The molecule has 2 fully saturated rings. The van der Waals surface area contributed by atoms with Gasteiger partial charge in [0.15, 0.2) is 0 Å². The Labute approximate surface area is 325 Å². The van der Waals surface area contributed by atoms with Crippen molar-refractivity contribution in [3.63, 3.8) is 0 Å². The molecule has 9 heteroatoms. The van der Waals surface area contributed by atoms with E-state index in [1.54, 1.807) is 0 Å². The minimum atomic E-state index is 0.731. The van der Waals surface area contributed by atoms with Crippen LogP contribution in [0.2, 0.25) is 0 Å². The molecule has 0 spiro atoms. The molecule has 0 bridgehead atoms. The van der Waals surface area contributed by atoms with E-state index >= 15 is 0 Å². The van der Waals surface area contributed by atoms with Gasteiger partial charge in [0.05, 0.1) is 34.1 Å². The predicted molar refractivity (Wildman–Crippen MR) is 228 cm³/mol. The second kappa shape index (κ2) is 20.1. The van der Waals surface area contributed by atoms with Crippen LogP contribution in [0.3, 0.4) is 0 Å². The highest BCUT2D eigenvalue weighted by molar-refractivity contribution is 5.54. The van der Waals surface area contributed by atoms with E-state index in [-0.39, 0.29) is 0 Å². The fraction of sp³-hybridized carbons (Fsp3) is 0.217. The molecule has 6 aromatic rings. The van der Waals surface area contributed by atoms with Crippen LogP contribution in [0.1, 0.15) is 36.8 Å². The van der Waals surface area contributed by atoms with Crippen molar-refractivity contribution in [1.82, 2.24) is 0 Å². The van der Waals surface area contributed by atoms with Crippen molar-refractivity contribution in [2.75, 3.05) is 41.7 Å². The molecule has 0 saturated carbocycles. The van der Waals surface area contributed by atoms with Crippen molar-refractivity contribution < 1.29 is 0 Å². The SMILES string of the molecule is Cc1ccc(N=Nc2ccc(N)cc2)cc1.Cc1ccc(N=Nc2ccc(N=Nc3ccc(N4CCCC4)cc3)cc2)cc1.c1ccc(N2CCCC2)cc1. The standard InChI is InChI=1S/C23H23N5.C13H13N3.C10H13N/c1-18-4-6-19(7-5-18)24-25-20-8-10-21(11-9-20)26-27-22-12-14-23(15-13-22)28-16-2-3-17-28;1-10-2-6-12(7-3-10)15-16-13-8-4-11(14)5-9-13;1-2-6-10(7-3-1)11-8-4-5-9-11/h4-15H,2-3,16-17H2,1H3;2-9H,14H2,1H3;1-3,6-7H,4-5,8-9H2. The molecule has 0 amide bonds. The number of hydrogen-bond donors (Lipinski definition) is 1. The van der Waals surface area contributed by atoms with Gasteiger partial charge in [-0.1, -0.05) is 53.6 Å². The lowest BCUT2D eigenvalue weighted by molar-refractivity contribution is 0.949. The van der Waals surface area contributed by atoms with Crippen LogP contribution in [0.4, 0.5) is 51.2 Å². The van der Waals surface area contributed by atoms with E-state index < -0.39 is 0 Å². The van der Waals surface area contributed by atoms with Crippen molar-refractivity contribution in [3.05, 3.63) is 163 Å². The molecule has 2 aliphatic heterocycles. The summed E-state index contributed by atoms with van der Waals surface area (Å²) in [6.45, 7) is 8.87. The van der Waals surface area contributed by atoms with Crippen LogP contribution in [-0.2, 0) is 0 Å². The Hall–Kier alpha value is -6.48. The fourth-order valence-electron chi connectivity index (χ4n) is 6.02. The molecule has 0 radical (unpaired) electrons. The third kappa shape index (κ3) is 12.6. The fourth-order valence-corrected chi connectivity index (χ4v) is 6.02. The van der Waals surface area contributed by atoms with E-state index in [9.17, 15) is 0 Å². The van der Waals surface area contributed by atoms with E-state index in [1.165, 1.54) is 61.3 Å². The largest absolute Gasteiger partial charge is 0.399 e. The normalized spacial score (nSPS) is 13.9. The van der Waals surface area contributed by atoms with Gasteiger partial charge in [0, 0.05) is 43.2 Å². The zero-order valence-corrected chi connectivity index (χ0v) is 31.7. The van der Waals surface area contributed by atoms with Crippen LogP contribution in [0.15, 0.2) is 182 Å². The quantitative estimate of drug-likeness (QED) is 0.125. The van der Waals surface area contributed by atoms with Gasteiger partial charge in [0.25, 0.3) is 0 Å². The van der Waals surface area contributed by atoms with Crippen molar-refractivity contribution in [2.45, 2.75) is 39.5 Å². The van der Waals surface area contributed by atoms with Crippen LogP contribution in [-0.4, -0.2) is 26.2 Å². The summed E-state index contributed by atoms with van der Waals surface area (Å²) >= 11 is 0. The van der Waals surface area contributed by atoms with Crippen molar-refractivity contribution in [2.24, 2.45) is 30.7 Å². The summed E-state index contributed by atoms with van der Waals surface area (Å²) in [6, 6.07) is 49.6. The summed E-state index contributed by atoms with van der Waals surface area (Å²) in [5.74, 6) is 0. The zero-order valence-electron chi connectivity index (χ0n) is 31.7. The number of hydrogen-bond acceptors (Lipinski definition) is 9. The molecule has 55 heavy (non-hydrogen) atoms. The summed E-state index contributed by atoms with van der Waals surface area (Å²) in [5.41, 5.74) is 16.3. The molecule has 2 heterocycles. The second-order valence-corrected chi connectivity index (χ2v) is 13.6. The average molecular weight is 728 g/mol. The molecule has 0 aliphatic carbocycles. The maximum Gasteiger partial charge on any atom is 0.0858 e. The predicted octanol–water partition coefficient (Wildman–Crippen LogP) is 13.7. The summed E-state index contributed by atoms with van der Waals surface area (Å²) in [6.07, 6.45) is 5.27. The Balaban J connectivity index is 0.000000159. The van der Waals surface area contributed by atoms with Gasteiger partial charge in [0.2, 0.25) is 0 Å².